The summed E-state index contributed by atoms with van der Waals surface area (Å²) in [6.45, 7) is 1.84. The molecular formula is C10H9Cl2NO2. The Morgan fingerprint density at radius 2 is 2.27 bits per heavy atom. The highest BCUT2D eigenvalue weighted by Gasteiger charge is 2.07. The second kappa shape index (κ2) is 5.14. The van der Waals surface area contributed by atoms with Gasteiger partial charge >= 0.3 is 0 Å². The first-order valence-electron chi connectivity index (χ1n) is 4.21. The van der Waals surface area contributed by atoms with Crippen LogP contribution in [-0.4, -0.2) is 10.8 Å². The van der Waals surface area contributed by atoms with Crippen molar-refractivity contribution >= 4 is 35.0 Å². The third-order valence-electron chi connectivity index (χ3n) is 1.80. The summed E-state index contributed by atoms with van der Waals surface area (Å²) >= 11 is 11.5. The Morgan fingerprint density at radius 1 is 1.60 bits per heavy atom. The van der Waals surface area contributed by atoms with E-state index in [4.69, 9.17) is 23.2 Å². The summed E-state index contributed by atoms with van der Waals surface area (Å²) in [5, 5.41) is 11.0. The van der Waals surface area contributed by atoms with Gasteiger partial charge in [-0.25, -0.2) is 0 Å². The Balaban J connectivity index is 3.17. The number of alkyl halides is 1. The minimum absolute atomic E-state index is 0.0213. The van der Waals surface area contributed by atoms with Crippen LogP contribution in [-0.2, 0) is 0 Å². The van der Waals surface area contributed by atoms with Gasteiger partial charge in [0.2, 0.25) is 0 Å². The molecule has 0 saturated carbocycles. The highest BCUT2D eigenvalue weighted by Crippen LogP contribution is 2.24. The lowest BCUT2D eigenvalue weighted by Gasteiger charge is -2.00. The monoisotopic (exact) mass is 245 g/mol. The van der Waals surface area contributed by atoms with Crippen molar-refractivity contribution in [3.63, 3.8) is 0 Å². The minimum Gasteiger partial charge on any atom is -0.258 e. The van der Waals surface area contributed by atoms with Gasteiger partial charge in [-0.15, -0.1) is 11.6 Å². The second-order valence-electron chi connectivity index (χ2n) is 3.09. The Hall–Kier alpha value is -1.06. The zero-order chi connectivity index (χ0) is 11.4. The molecule has 0 aliphatic carbocycles. The van der Waals surface area contributed by atoms with Crippen LogP contribution in [0.15, 0.2) is 23.8 Å². The smallest absolute Gasteiger partial charge is 0.258 e. The fraction of sp³-hybridized carbons (Fsp3) is 0.200. The lowest BCUT2D eigenvalue weighted by atomic mass is 10.1. The molecule has 0 unspecified atom stereocenters. The quantitative estimate of drug-likeness (QED) is 0.461. The molecule has 0 heterocycles. The maximum atomic E-state index is 10.5. The van der Waals surface area contributed by atoms with Crippen molar-refractivity contribution in [1.29, 1.82) is 0 Å². The van der Waals surface area contributed by atoms with E-state index < -0.39 is 4.92 Å². The Labute approximate surface area is 97.5 Å². The van der Waals surface area contributed by atoms with E-state index in [0.717, 1.165) is 5.57 Å². The van der Waals surface area contributed by atoms with E-state index in [9.17, 15) is 10.1 Å². The number of rotatable bonds is 3. The summed E-state index contributed by atoms with van der Waals surface area (Å²) < 4.78 is 0. The van der Waals surface area contributed by atoms with E-state index in [-0.39, 0.29) is 5.69 Å². The molecule has 0 aliphatic rings. The molecule has 15 heavy (non-hydrogen) atoms. The van der Waals surface area contributed by atoms with Crippen LogP contribution < -0.4 is 0 Å². The average Bonchev–Trinajstić information content (AvgIpc) is 2.20. The number of hydrogen-bond donors (Lipinski definition) is 0. The van der Waals surface area contributed by atoms with E-state index in [1.165, 1.54) is 18.2 Å². The van der Waals surface area contributed by atoms with Gasteiger partial charge < -0.3 is 0 Å². The van der Waals surface area contributed by atoms with Crippen LogP contribution in [0.5, 0.6) is 0 Å². The summed E-state index contributed by atoms with van der Waals surface area (Å²) in [6, 6.07) is 4.31. The topological polar surface area (TPSA) is 43.1 Å². The Kier molecular flexibility index (Phi) is 4.12. The van der Waals surface area contributed by atoms with Crippen LogP contribution in [0.1, 0.15) is 12.5 Å². The lowest BCUT2D eigenvalue weighted by molar-refractivity contribution is -0.384. The van der Waals surface area contributed by atoms with Gasteiger partial charge in [0.25, 0.3) is 5.69 Å². The predicted octanol–water partition coefficient (Wildman–Crippen LogP) is 3.89. The molecule has 0 aliphatic heterocycles. The van der Waals surface area contributed by atoms with Crippen molar-refractivity contribution in [2.24, 2.45) is 0 Å². The van der Waals surface area contributed by atoms with Gasteiger partial charge in [0.05, 0.1) is 4.92 Å². The van der Waals surface area contributed by atoms with Gasteiger partial charge in [-0.3, -0.25) is 10.1 Å². The molecule has 1 rings (SSSR count). The molecule has 80 valence electrons. The third kappa shape index (κ3) is 3.22. The predicted molar refractivity (Wildman–Crippen MR) is 62.5 cm³/mol. The van der Waals surface area contributed by atoms with Gasteiger partial charge in [0.15, 0.2) is 0 Å². The molecule has 0 N–H and O–H groups in total. The molecule has 1 aromatic carbocycles. The number of benzene rings is 1. The van der Waals surface area contributed by atoms with Gasteiger partial charge in [0, 0.05) is 23.0 Å². The number of allylic oxidation sites excluding steroid dienone is 1. The van der Waals surface area contributed by atoms with E-state index in [1.807, 2.05) is 6.92 Å². The van der Waals surface area contributed by atoms with Crippen LogP contribution in [0, 0.1) is 10.1 Å². The van der Waals surface area contributed by atoms with Gasteiger partial charge in [-0.05, 0) is 18.6 Å². The van der Waals surface area contributed by atoms with Crippen LogP contribution in [0.2, 0.25) is 5.02 Å². The number of nitro benzene ring substituents is 1. The third-order valence-corrected chi connectivity index (χ3v) is 2.57. The molecule has 0 saturated heterocycles. The number of nitrogens with zero attached hydrogens (tertiary/aromatic N) is 1. The Morgan fingerprint density at radius 3 is 2.80 bits per heavy atom. The summed E-state index contributed by atoms with van der Waals surface area (Å²) in [4.78, 5) is 10.1. The van der Waals surface area contributed by atoms with Crippen molar-refractivity contribution in [3.05, 3.63) is 44.5 Å². The van der Waals surface area contributed by atoms with Crippen LogP contribution in [0.25, 0.3) is 6.08 Å². The van der Waals surface area contributed by atoms with E-state index in [1.54, 1.807) is 6.08 Å². The zero-order valence-corrected chi connectivity index (χ0v) is 9.55. The van der Waals surface area contributed by atoms with Crippen molar-refractivity contribution in [1.82, 2.24) is 0 Å². The fourth-order valence-electron chi connectivity index (χ4n) is 1.06. The Bertz CT molecular complexity index is 416. The first-order valence-corrected chi connectivity index (χ1v) is 5.13. The molecule has 3 nitrogen and oxygen atoms in total. The molecule has 0 bridgehead atoms. The molecule has 5 heteroatoms. The van der Waals surface area contributed by atoms with Gasteiger partial charge in [-0.2, -0.15) is 0 Å². The van der Waals surface area contributed by atoms with Crippen LogP contribution in [0.4, 0.5) is 5.69 Å². The van der Waals surface area contributed by atoms with E-state index >= 15 is 0 Å². The number of nitro groups is 1. The van der Waals surface area contributed by atoms with E-state index in [0.29, 0.717) is 16.5 Å². The van der Waals surface area contributed by atoms with Gasteiger partial charge in [0.1, 0.15) is 0 Å². The van der Waals surface area contributed by atoms with Crippen molar-refractivity contribution in [2.45, 2.75) is 6.92 Å². The normalized spacial score (nSPS) is 11.5. The second-order valence-corrected chi connectivity index (χ2v) is 3.76. The van der Waals surface area contributed by atoms with Crippen molar-refractivity contribution < 1.29 is 4.92 Å². The van der Waals surface area contributed by atoms with Crippen LogP contribution >= 0.6 is 23.2 Å². The highest BCUT2D eigenvalue weighted by atomic mass is 35.5. The fourth-order valence-corrected chi connectivity index (χ4v) is 1.31. The van der Waals surface area contributed by atoms with Crippen molar-refractivity contribution in [2.75, 3.05) is 5.88 Å². The summed E-state index contributed by atoms with van der Waals surface area (Å²) in [6.07, 6.45) is 1.74. The molecule has 0 radical (unpaired) electrons. The number of halogens is 2. The number of non-ortho nitro benzene ring substituents is 1. The molecule has 0 atom stereocenters. The van der Waals surface area contributed by atoms with Crippen molar-refractivity contribution in [3.8, 4) is 0 Å². The summed E-state index contributed by atoms with van der Waals surface area (Å²) in [5.74, 6) is 0.374. The molecule has 0 fully saturated rings. The molecular weight excluding hydrogens is 237 g/mol. The molecule has 0 amide bonds. The average molecular weight is 246 g/mol. The van der Waals surface area contributed by atoms with E-state index in [2.05, 4.69) is 0 Å². The lowest BCUT2D eigenvalue weighted by Crippen LogP contribution is -1.89. The van der Waals surface area contributed by atoms with Gasteiger partial charge in [-0.1, -0.05) is 23.3 Å². The van der Waals surface area contributed by atoms with Crippen LogP contribution in [0.3, 0.4) is 0 Å². The highest BCUT2D eigenvalue weighted by molar-refractivity contribution is 6.32. The largest absolute Gasteiger partial charge is 0.270 e. The standard InChI is InChI=1S/C10H9Cl2NO2/c1-7(6-11)4-8-5-9(13(14)15)2-3-10(8)12/h2-5H,6H2,1H3/b7-4-. The molecule has 1 aromatic rings. The maximum Gasteiger partial charge on any atom is 0.270 e. The first-order chi connectivity index (χ1) is 7.04. The maximum absolute atomic E-state index is 10.5. The molecule has 0 aromatic heterocycles. The zero-order valence-electron chi connectivity index (χ0n) is 8.04. The first kappa shape index (κ1) is 12.0. The summed E-state index contributed by atoms with van der Waals surface area (Å²) in [7, 11) is 0. The minimum atomic E-state index is -0.455. The summed E-state index contributed by atoms with van der Waals surface area (Å²) in [5.41, 5.74) is 1.54. The molecule has 0 spiro atoms. The number of hydrogen-bond acceptors (Lipinski definition) is 2. The SMILES string of the molecule is C/C(=C/c1cc([N+](=O)[O-])ccc1Cl)CCl.